The Hall–Kier alpha value is -1.10. The molecule has 1 aromatic rings. The van der Waals surface area contributed by atoms with E-state index < -0.39 is 0 Å². The van der Waals surface area contributed by atoms with Gasteiger partial charge in [-0.15, -0.1) is 0 Å². The van der Waals surface area contributed by atoms with Crippen LogP contribution in [0.2, 0.25) is 0 Å². The lowest BCUT2D eigenvalue weighted by Crippen LogP contribution is -2.17. The number of hydrogen-bond acceptors (Lipinski definition) is 4. The molecule has 4 nitrogen and oxygen atoms in total. The van der Waals surface area contributed by atoms with Gasteiger partial charge in [0.05, 0.1) is 12.7 Å². The Morgan fingerprint density at radius 1 is 1.16 bits per heavy atom. The Morgan fingerprint density at radius 3 is 2.53 bits per heavy atom. The van der Waals surface area contributed by atoms with Gasteiger partial charge in [0.25, 0.3) is 0 Å². The summed E-state index contributed by atoms with van der Waals surface area (Å²) in [6.07, 6.45) is 1.34. The van der Waals surface area contributed by atoms with Crippen LogP contribution in [0.3, 0.4) is 0 Å². The summed E-state index contributed by atoms with van der Waals surface area (Å²) in [5.41, 5.74) is 1.22. The highest BCUT2D eigenvalue weighted by Crippen LogP contribution is 2.11. The Morgan fingerprint density at radius 2 is 1.89 bits per heavy atom. The molecular formula is C15H25NO3. The van der Waals surface area contributed by atoms with Crippen LogP contribution in [0.15, 0.2) is 24.3 Å². The molecule has 2 N–H and O–H groups in total. The first kappa shape index (κ1) is 16.0. The van der Waals surface area contributed by atoms with E-state index in [-0.39, 0.29) is 6.61 Å². The maximum Gasteiger partial charge on any atom is 0.119 e. The lowest BCUT2D eigenvalue weighted by atomic mass is 10.2. The normalized spacial score (nSPS) is 10.9. The SMILES string of the molecule is CC(C)OCCCNCc1ccc(OCCO)cc1. The predicted octanol–water partition coefficient (Wildman–Crippen LogP) is 1.96. The molecule has 0 aromatic heterocycles. The summed E-state index contributed by atoms with van der Waals surface area (Å²) in [7, 11) is 0. The maximum absolute atomic E-state index is 8.66. The topological polar surface area (TPSA) is 50.7 Å². The highest BCUT2D eigenvalue weighted by molar-refractivity contribution is 5.27. The lowest BCUT2D eigenvalue weighted by Gasteiger charge is -2.09. The summed E-state index contributed by atoms with van der Waals surface area (Å²) >= 11 is 0. The molecule has 0 aliphatic rings. The average molecular weight is 267 g/mol. The standard InChI is InChI=1S/C15H25NO3/c1-13(2)18-10-3-8-16-12-14-4-6-15(7-5-14)19-11-9-17/h4-7,13,16-17H,3,8-12H2,1-2H3. The van der Waals surface area contributed by atoms with Crippen molar-refractivity contribution >= 4 is 0 Å². The van der Waals surface area contributed by atoms with E-state index in [4.69, 9.17) is 14.6 Å². The fraction of sp³-hybridized carbons (Fsp3) is 0.600. The van der Waals surface area contributed by atoms with Crippen molar-refractivity contribution in [1.82, 2.24) is 5.32 Å². The summed E-state index contributed by atoms with van der Waals surface area (Å²) < 4.78 is 10.8. The van der Waals surface area contributed by atoms with E-state index in [1.165, 1.54) is 5.56 Å². The Labute approximate surface area is 115 Å². The van der Waals surface area contributed by atoms with Gasteiger partial charge in [-0.05, 0) is 44.5 Å². The van der Waals surface area contributed by atoms with Gasteiger partial charge in [0.2, 0.25) is 0 Å². The fourth-order valence-corrected chi connectivity index (χ4v) is 1.62. The molecule has 1 rings (SSSR count). The van der Waals surface area contributed by atoms with Gasteiger partial charge in [-0.2, -0.15) is 0 Å². The molecule has 0 amide bonds. The van der Waals surface area contributed by atoms with Gasteiger partial charge in [-0.25, -0.2) is 0 Å². The molecule has 0 spiro atoms. The summed E-state index contributed by atoms with van der Waals surface area (Å²) in [5, 5.41) is 12.0. The fourth-order valence-electron chi connectivity index (χ4n) is 1.62. The largest absolute Gasteiger partial charge is 0.491 e. The minimum Gasteiger partial charge on any atom is -0.491 e. The van der Waals surface area contributed by atoms with Crippen LogP contribution in [0.5, 0.6) is 5.75 Å². The van der Waals surface area contributed by atoms with Crippen LogP contribution in [-0.2, 0) is 11.3 Å². The van der Waals surface area contributed by atoms with Crippen LogP contribution in [0, 0.1) is 0 Å². The number of benzene rings is 1. The van der Waals surface area contributed by atoms with Gasteiger partial charge in [0, 0.05) is 13.2 Å². The van der Waals surface area contributed by atoms with E-state index in [0.717, 1.165) is 31.9 Å². The van der Waals surface area contributed by atoms with E-state index in [0.29, 0.717) is 12.7 Å². The maximum atomic E-state index is 8.66. The molecule has 19 heavy (non-hydrogen) atoms. The zero-order valence-electron chi connectivity index (χ0n) is 11.9. The summed E-state index contributed by atoms with van der Waals surface area (Å²) in [6.45, 7) is 7.09. The number of rotatable bonds is 10. The molecule has 0 saturated heterocycles. The molecule has 0 radical (unpaired) electrons. The van der Waals surface area contributed by atoms with Gasteiger partial charge in [0.15, 0.2) is 0 Å². The second-order valence-corrected chi connectivity index (χ2v) is 4.67. The number of aliphatic hydroxyl groups excluding tert-OH is 1. The molecule has 0 heterocycles. The minimum absolute atomic E-state index is 0.0434. The monoisotopic (exact) mass is 267 g/mol. The molecule has 0 aliphatic carbocycles. The van der Waals surface area contributed by atoms with Gasteiger partial charge in [-0.3, -0.25) is 0 Å². The van der Waals surface area contributed by atoms with Crippen LogP contribution in [0.4, 0.5) is 0 Å². The van der Waals surface area contributed by atoms with Crippen molar-refractivity contribution in [2.45, 2.75) is 32.9 Å². The van der Waals surface area contributed by atoms with Crippen LogP contribution in [0.1, 0.15) is 25.8 Å². The van der Waals surface area contributed by atoms with Crippen molar-refractivity contribution in [3.05, 3.63) is 29.8 Å². The third-order valence-corrected chi connectivity index (χ3v) is 2.56. The molecule has 0 saturated carbocycles. The molecule has 1 aromatic carbocycles. The van der Waals surface area contributed by atoms with Crippen LogP contribution in [-0.4, -0.2) is 37.6 Å². The van der Waals surface area contributed by atoms with Crippen molar-refractivity contribution in [1.29, 1.82) is 0 Å². The Kier molecular flexibility index (Phi) is 8.21. The first-order chi connectivity index (χ1) is 9.22. The van der Waals surface area contributed by atoms with E-state index >= 15 is 0 Å². The Balaban J connectivity index is 2.12. The van der Waals surface area contributed by atoms with Gasteiger partial charge in [0.1, 0.15) is 12.4 Å². The molecule has 0 fully saturated rings. The molecule has 108 valence electrons. The quantitative estimate of drug-likeness (QED) is 0.636. The first-order valence-corrected chi connectivity index (χ1v) is 6.87. The van der Waals surface area contributed by atoms with E-state index in [9.17, 15) is 0 Å². The van der Waals surface area contributed by atoms with Crippen molar-refractivity contribution in [2.75, 3.05) is 26.4 Å². The van der Waals surface area contributed by atoms with Crippen LogP contribution >= 0.6 is 0 Å². The zero-order chi connectivity index (χ0) is 13.9. The molecule has 0 atom stereocenters. The summed E-state index contributed by atoms with van der Waals surface area (Å²) in [6, 6.07) is 7.91. The van der Waals surface area contributed by atoms with Crippen molar-refractivity contribution in [3.63, 3.8) is 0 Å². The third kappa shape index (κ3) is 7.82. The summed E-state index contributed by atoms with van der Waals surface area (Å²) in [4.78, 5) is 0. The van der Waals surface area contributed by atoms with Gasteiger partial charge in [-0.1, -0.05) is 12.1 Å². The number of hydrogen-bond donors (Lipinski definition) is 2. The lowest BCUT2D eigenvalue weighted by molar-refractivity contribution is 0.0770. The van der Waals surface area contributed by atoms with Crippen molar-refractivity contribution in [2.24, 2.45) is 0 Å². The molecule has 0 unspecified atom stereocenters. The molecular weight excluding hydrogens is 242 g/mol. The van der Waals surface area contributed by atoms with Crippen molar-refractivity contribution in [3.8, 4) is 5.75 Å². The summed E-state index contributed by atoms with van der Waals surface area (Å²) in [5.74, 6) is 0.795. The molecule has 0 aliphatic heterocycles. The second kappa shape index (κ2) is 9.78. The number of ether oxygens (including phenoxy) is 2. The third-order valence-electron chi connectivity index (χ3n) is 2.56. The van der Waals surface area contributed by atoms with Gasteiger partial charge < -0.3 is 19.9 Å². The second-order valence-electron chi connectivity index (χ2n) is 4.67. The average Bonchev–Trinajstić information content (AvgIpc) is 2.41. The highest BCUT2D eigenvalue weighted by Gasteiger charge is 1.96. The van der Waals surface area contributed by atoms with Crippen LogP contribution in [0.25, 0.3) is 0 Å². The molecule has 0 bridgehead atoms. The number of nitrogens with one attached hydrogen (secondary N) is 1. The van der Waals surface area contributed by atoms with Gasteiger partial charge >= 0.3 is 0 Å². The van der Waals surface area contributed by atoms with Crippen molar-refractivity contribution < 1.29 is 14.6 Å². The highest BCUT2D eigenvalue weighted by atomic mass is 16.5. The predicted molar refractivity (Wildman–Crippen MR) is 76.4 cm³/mol. The number of aliphatic hydroxyl groups is 1. The smallest absolute Gasteiger partial charge is 0.119 e. The zero-order valence-corrected chi connectivity index (χ0v) is 11.9. The van der Waals surface area contributed by atoms with Crippen LogP contribution < -0.4 is 10.1 Å². The van der Waals surface area contributed by atoms with E-state index in [1.807, 2.05) is 38.1 Å². The van der Waals surface area contributed by atoms with E-state index in [2.05, 4.69) is 5.32 Å². The van der Waals surface area contributed by atoms with E-state index in [1.54, 1.807) is 0 Å². The molecule has 4 heteroatoms. The first-order valence-electron chi connectivity index (χ1n) is 6.87. The Bertz CT molecular complexity index is 325. The minimum atomic E-state index is 0.0434.